The number of hydrogen-bond acceptors (Lipinski definition) is 4. The van der Waals surface area contributed by atoms with Crippen LogP contribution in [0.5, 0.6) is 5.75 Å². The molecule has 6 heteroatoms. The van der Waals surface area contributed by atoms with Crippen molar-refractivity contribution < 1.29 is 4.74 Å². The van der Waals surface area contributed by atoms with Crippen molar-refractivity contribution in [3.8, 4) is 11.8 Å². The second kappa shape index (κ2) is 6.16. The van der Waals surface area contributed by atoms with Crippen LogP contribution in [0.15, 0.2) is 39.3 Å². The Bertz CT molecular complexity index is 696. The molecule has 0 amide bonds. The summed E-state index contributed by atoms with van der Waals surface area (Å²) in [5.41, 5.74) is 8.28. The second-order valence-corrected chi connectivity index (χ2v) is 5.68. The summed E-state index contributed by atoms with van der Waals surface area (Å²) in [5, 5.41) is 12.2. The van der Waals surface area contributed by atoms with Gasteiger partial charge in [0.25, 0.3) is 0 Å². The number of rotatable bonds is 3. The first-order valence-corrected chi connectivity index (χ1v) is 7.24. The van der Waals surface area contributed by atoms with Gasteiger partial charge in [-0.1, -0.05) is 6.07 Å². The lowest BCUT2D eigenvalue weighted by Crippen LogP contribution is -1.99. The molecule has 2 rings (SSSR count). The summed E-state index contributed by atoms with van der Waals surface area (Å²) in [6.07, 6.45) is 0. The zero-order chi connectivity index (χ0) is 14.7. The van der Waals surface area contributed by atoms with Gasteiger partial charge in [0.15, 0.2) is 0 Å². The van der Waals surface area contributed by atoms with Gasteiger partial charge in [0, 0.05) is 10.5 Å². The summed E-state index contributed by atoms with van der Waals surface area (Å²) >= 11 is 6.89. The molecule has 0 bridgehead atoms. The number of nitrogens with two attached hydrogens (primary N) is 1. The molecule has 0 spiro atoms. The van der Waals surface area contributed by atoms with Crippen LogP contribution >= 0.6 is 31.9 Å². The van der Waals surface area contributed by atoms with Crippen molar-refractivity contribution in [2.75, 3.05) is 18.2 Å². The van der Waals surface area contributed by atoms with E-state index in [-0.39, 0.29) is 0 Å². The Morgan fingerprint density at radius 3 is 2.60 bits per heavy atom. The molecule has 0 aliphatic rings. The number of nitrogens with zero attached hydrogens (tertiary/aromatic N) is 1. The highest BCUT2D eigenvalue weighted by Gasteiger charge is 2.10. The van der Waals surface area contributed by atoms with Gasteiger partial charge >= 0.3 is 0 Å². The number of anilines is 3. The number of benzene rings is 2. The van der Waals surface area contributed by atoms with E-state index in [2.05, 4.69) is 43.2 Å². The van der Waals surface area contributed by atoms with Gasteiger partial charge in [-0.25, -0.2) is 0 Å². The molecule has 0 heterocycles. The van der Waals surface area contributed by atoms with Crippen LogP contribution in [-0.2, 0) is 0 Å². The van der Waals surface area contributed by atoms with Crippen molar-refractivity contribution in [1.29, 1.82) is 5.26 Å². The maximum Gasteiger partial charge on any atom is 0.135 e. The van der Waals surface area contributed by atoms with Crippen molar-refractivity contribution >= 4 is 48.9 Å². The summed E-state index contributed by atoms with van der Waals surface area (Å²) in [6, 6.07) is 11.1. The van der Waals surface area contributed by atoms with Crippen LogP contribution < -0.4 is 15.8 Å². The minimum Gasteiger partial charge on any atom is -0.495 e. The third kappa shape index (κ3) is 2.89. The van der Waals surface area contributed by atoms with E-state index in [1.54, 1.807) is 19.2 Å². The highest BCUT2D eigenvalue weighted by Crippen LogP contribution is 2.37. The summed E-state index contributed by atoms with van der Waals surface area (Å²) in [7, 11) is 1.60. The highest BCUT2D eigenvalue weighted by molar-refractivity contribution is 9.11. The van der Waals surface area contributed by atoms with Gasteiger partial charge in [-0.05, 0) is 50.1 Å². The van der Waals surface area contributed by atoms with Gasteiger partial charge in [0.2, 0.25) is 0 Å². The Kier molecular flexibility index (Phi) is 4.53. The minimum absolute atomic E-state index is 0.420. The largest absolute Gasteiger partial charge is 0.495 e. The van der Waals surface area contributed by atoms with Crippen molar-refractivity contribution in [2.24, 2.45) is 0 Å². The van der Waals surface area contributed by atoms with E-state index in [4.69, 9.17) is 15.7 Å². The maximum absolute atomic E-state index is 8.99. The molecule has 0 radical (unpaired) electrons. The molecule has 0 aliphatic carbocycles. The molecule has 0 atom stereocenters. The molecule has 3 N–H and O–H groups in total. The van der Waals surface area contributed by atoms with Crippen LogP contribution in [0.2, 0.25) is 0 Å². The van der Waals surface area contributed by atoms with Gasteiger partial charge in [-0.3, -0.25) is 0 Å². The number of methoxy groups -OCH3 is 1. The summed E-state index contributed by atoms with van der Waals surface area (Å²) in [4.78, 5) is 0. The lowest BCUT2D eigenvalue weighted by molar-refractivity contribution is 0.412. The molecule has 0 aliphatic heterocycles. The van der Waals surface area contributed by atoms with Gasteiger partial charge in [0.05, 0.1) is 34.2 Å². The Labute approximate surface area is 133 Å². The Hall–Kier alpha value is -1.71. The lowest BCUT2D eigenvalue weighted by Gasteiger charge is -2.14. The molecule has 0 fully saturated rings. The minimum atomic E-state index is 0.420. The number of hydrogen-bond donors (Lipinski definition) is 2. The van der Waals surface area contributed by atoms with E-state index in [9.17, 15) is 0 Å². The first-order valence-electron chi connectivity index (χ1n) is 5.65. The van der Waals surface area contributed by atoms with E-state index in [0.29, 0.717) is 22.7 Å². The molecule has 102 valence electrons. The first-order chi connectivity index (χ1) is 9.56. The van der Waals surface area contributed by atoms with E-state index in [1.807, 2.05) is 18.2 Å². The second-order valence-electron chi connectivity index (χ2n) is 3.97. The Morgan fingerprint density at radius 2 is 1.95 bits per heavy atom. The topological polar surface area (TPSA) is 71.1 Å². The molecular weight excluding hydrogens is 386 g/mol. The number of halogens is 2. The number of nitriles is 1. The monoisotopic (exact) mass is 395 g/mol. The summed E-state index contributed by atoms with van der Waals surface area (Å²) in [5.74, 6) is 0.700. The van der Waals surface area contributed by atoms with Crippen molar-refractivity contribution in [3.05, 3.63) is 44.8 Å². The predicted molar refractivity (Wildman–Crippen MR) is 87.2 cm³/mol. The van der Waals surface area contributed by atoms with Gasteiger partial charge < -0.3 is 15.8 Å². The Balaban J connectivity index is 2.43. The molecule has 20 heavy (non-hydrogen) atoms. The molecule has 2 aromatic carbocycles. The molecular formula is C14H11Br2N3O. The standard InChI is InChI=1S/C14H11Br2N3O/c1-20-13-6-12(9(15)5-10(13)16)19-11-4-2-3-8(7-17)14(11)18/h2-6,19H,18H2,1H3. The van der Waals surface area contributed by atoms with Gasteiger partial charge in [-0.15, -0.1) is 0 Å². The third-order valence-electron chi connectivity index (χ3n) is 2.74. The predicted octanol–water partition coefficient (Wildman–Crippen LogP) is 4.42. The van der Waals surface area contributed by atoms with Crippen molar-refractivity contribution in [1.82, 2.24) is 0 Å². The third-order valence-corrected chi connectivity index (χ3v) is 4.01. The first kappa shape index (κ1) is 14.7. The highest BCUT2D eigenvalue weighted by atomic mass is 79.9. The fourth-order valence-corrected chi connectivity index (χ4v) is 2.95. The van der Waals surface area contributed by atoms with Gasteiger partial charge in [0.1, 0.15) is 11.8 Å². The van der Waals surface area contributed by atoms with Crippen molar-refractivity contribution in [3.63, 3.8) is 0 Å². The number of para-hydroxylation sites is 1. The zero-order valence-electron chi connectivity index (χ0n) is 10.6. The summed E-state index contributed by atoms with van der Waals surface area (Å²) in [6.45, 7) is 0. The normalized spacial score (nSPS) is 9.90. The molecule has 0 saturated heterocycles. The number of nitrogens with one attached hydrogen (secondary N) is 1. The van der Waals surface area contributed by atoms with E-state index in [1.165, 1.54) is 0 Å². The van der Waals surface area contributed by atoms with Crippen LogP contribution in [0.4, 0.5) is 17.1 Å². The molecule has 0 unspecified atom stereocenters. The average molecular weight is 397 g/mol. The van der Waals surface area contributed by atoms with E-state index >= 15 is 0 Å². The van der Waals surface area contributed by atoms with Crippen LogP contribution in [0.1, 0.15) is 5.56 Å². The summed E-state index contributed by atoms with van der Waals surface area (Å²) < 4.78 is 6.96. The zero-order valence-corrected chi connectivity index (χ0v) is 13.7. The lowest BCUT2D eigenvalue weighted by atomic mass is 10.1. The van der Waals surface area contributed by atoms with Crippen LogP contribution in [0.3, 0.4) is 0 Å². The van der Waals surface area contributed by atoms with Crippen LogP contribution in [0.25, 0.3) is 0 Å². The van der Waals surface area contributed by atoms with E-state index in [0.717, 1.165) is 14.6 Å². The maximum atomic E-state index is 8.99. The number of ether oxygens (including phenoxy) is 1. The smallest absolute Gasteiger partial charge is 0.135 e. The fourth-order valence-electron chi connectivity index (χ4n) is 1.70. The average Bonchev–Trinajstić information content (AvgIpc) is 2.43. The molecule has 4 nitrogen and oxygen atoms in total. The molecule has 0 saturated carbocycles. The van der Waals surface area contributed by atoms with E-state index < -0.39 is 0 Å². The van der Waals surface area contributed by atoms with Crippen LogP contribution in [0, 0.1) is 11.3 Å². The molecule has 0 aromatic heterocycles. The quantitative estimate of drug-likeness (QED) is 0.753. The van der Waals surface area contributed by atoms with Crippen molar-refractivity contribution in [2.45, 2.75) is 0 Å². The van der Waals surface area contributed by atoms with Crippen LogP contribution in [-0.4, -0.2) is 7.11 Å². The van der Waals surface area contributed by atoms with Gasteiger partial charge in [-0.2, -0.15) is 5.26 Å². The Morgan fingerprint density at radius 1 is 1.20 bits per heavy atom. The fraction of sp³-hybridized carbons (Fsp3) is 0.0714. The molecule has 2 aromatic rings. The SMILES string of the molecule is COc1cc(Nc2cccc(C#N)c2N)c(Br)cc1Br. The number of nitrogen functional groups attached to an aromatic ring is 1.